The van der Waals surface area contributed by atoms with Gasteiger partial charge in [0.1, 0.15) is 0 Å². The standard InChI is InChI=1S/C13H22N4O3.2ClH/c1-19-7-4-14-9-13(18)16-6-8-20-12(10-16)11-17-5-2-3-15-17;;/h2-3,5,12,14H,4,6-11H2,1H3;2*1H. The summed E-state index contributed by atoms with van der Waals surface area (Å²) < 4.78 is 12.4. The summed E-state index contributed by atoms with van der Waals surface area (Å²) in [6, 6.07) is 1.88. The van der Waals surface area contributed by atoms with E-state index in [2.05, 4.69) is 10.4 Å². The Bertz CT molecular complexity index is 406. The lowest BCUT2D eigenvalue weighted by atomic mass is 10.2. The van der Waals surface area contributed by atoms with E-state index in [1.165, 1.54) is 0 Å². The molecule has 0 spiro atoms. The predicted molar refractivity (Wildman–Crippen MR) is 87.8 cm³/mol. The molecule has 1 aromatic rings. The number of aromatic nitrogens is 2. The minimum atomic E-state index is 0. The first-order valence-electron chi connectivity index (χ1n) is 6.86. The highest BCUT2D eigenvalue weighted by Crippen LogP contribution is 2.07. The first-order chi connectivity index (χ1) is 9.79. The Balaban J connectivity index is 0.00000220. The van der Waals surface area contributed by atoms with Crippen LogP contribution in [0.4, 0.5) is 0 Å². The molecule has 1 amide bonds. The second kappa shape index (κ2) is 11.7. The average Bonchev–Trinajstić information content (AvgIpc) is 2.96. The Morgan fingerprint density at radius 2 is 2.32 bits per heavy atom. The molecule has 2 heterocycles. The summed E-state index contributed by atoms with van der Waals surface area (Å²) in [6.07, 6.45) is 3.65. The topological polar surface area (TPSA) is 68.6 Å². The fourth-order valence-corrected chi connectivity index (χ4v) is 2.15. The summed E-state index contributed by atoms with van der Waals surface area (Å²) in [7, 11) is 1.64. The first-order valence-corrected chi connectivity index (χ1v) is 6.86. The van der Waals surface area contributed by atoms with Gasteiger partial charge >= 0.3 is 0 Å². The predicted octanol–water partition coefficient (Wildman–Crippen LogP) is 0.190. The van der Waals surface area contributed by atoms with E-state index >= 15 is 0 Å². The second-order valence-corrected chi connectivity index (χ2v) is 4.73. The fraction of sp³-hybridized carbons (Fsp3) is 0.692. The smallest absolute Gasteiger partial charge is 0.236 e. The van der Waals surface area contributed by atoms with Crippen molar-refractivity contribution < 1.29 is 14.3 Å². The third-order valence-corrected chi connectivity index (χ3v) is 3.20. The maximum absolute atomic E-state index is 12.1. The van der Waals surface area contributed by atoms with Gasteiger partial charge in [0.05, 0.1) is 32.4 Å². The van der Waals surface area contributed by atoms with Crippen molar-refractivity contribution in [2.75, 3.05) is 46.5 Å². The fourth-order valence-electron chi connectivity index (χ4n) is 2.15. The number of hydrogen-bond acceptors (Lipinski definition) is 5. The van der Waals surface area contributed by atoms with Crippen LogP contribution in [-0.2, 0) is 20.8 Å². The third-order valence-electron chi connectivity index (χ3n) is 3.20. The molecule has 1 atom stereocenters. The van der Waals surface area contributed by atoms with Crippen LogP contribution in [0, 0.1) is 0 Å². The van der Waals surface area contributed by atoms with Gasteiger partial charge in [-0.2, -0.15) is 5.10 Å². The van der Waals surface area contributed by atoms with Crippen molar-refractivity contribution in [3.63, 3.8) is 0 Å². The van der Waals surface area contributed by atoms with Gasteiger partial charge in [0.15, 0.2) is 0 Å². The molecule has 1 aromatic heterocycles. The van der Waals surface area contributed by atoms with Crippen molar-refractivity contribution in [3.05, 3.63) is 18.5 Å². The van der Waals surface area contributed by atoms with Crippen molar-refractivity contribution in [2.24, 2.45) is 0 Å². The molecule has 0 aliphatic carbocycles. The molecule has 22 heavy (non-hydrogen) atoms. The Morgan fingerprint density at radius 3 is 3.00 bits per heavy atom. The summed E-state index contributed by atoms with van der Waals surface area (Å²) >= 11 is 0. The zero-order valence-corrected chi connectivity index (χ0v) is 14.3. The van der Waals surface area contributed by atoms with Crippen molar-refractivity contribution in [1.82, 2.24) is 20.0 Å². The number of morpholine rings is 1. The van der Waals surface area contributed by atoms with Gasteiger partial charge < -0.3 is 19.7 Å². The number of carbonyl (C=O) groups is 1. The summed E-state index contributed by atoms with van der Waals surface area (Å²) in [5, 5.41) is 7.23. The number of halogens is 2. The lowest BCUT2D eigenvalue weighted by molar-refractivity contribution is -0.138. The Labute approximate surface area is 143 Å². The van der Waals surface area contributed by atoms with Crippen LogP contribution in [0.1, 0.15) is 0 Å². The molecule has 7 nitrogen and oxygen atoms in total. The number of nitrogens with zero attached hydrogens (tertiary/aromatic N) is 3. The van der Waals surface area contributed by atoms with Crippen LogP contribution >= 0.6 is 24.8 Å². The molecule has 0 radical (unpaired) electrons. The molecule has 1 saturated heterocycles. The number of ether oxygens (including phenoxy) is 2. The van der Waals surface area contributed by atoms with Crippen LogP contribution < -0.4 is 5.32 Å². The summed E-state index contributed by atoms with van der Waals surface area (Å²) in [5.74, 6) is 0.106. The van der Waals surface area contributed by atoms with Crippen molar-refractivity contribution in [2.45, 2.75) is 12.6 Å². The molecular weight excluding hydrogens is 331 g/mol. The van der Waals surface area contributed by atoms with Crippen molar-refractivity contribution >= 4 is 30.7 Å². The molecule has 1 aliphatic heterocycles. The van der Waals surface area contributed by atoms with Gasteiger partial charge in [-0.3, -0.25) is 9.48 Å². The minimum Gasteiger partial charge on any atom is -0.383 e. The second-order valence-electron chi connectivity index (χ2n) is 4.73. The van der Waals surface area contributed by atoms with E-state index in [1.807, 2.05) is 21.8 Å². The van der Waals surface area contributed by atoms with E-state index in [4.69, 9.17) is 9.47 Å². The van der Waals surface area contributed by atoms with Gasteiger partial charge in [-0.25, -0.2) is 0 Å². The number of hydrogen-bond donors (Lipinski definition) is 1. The summed E-state index contributed by atoms with van der Waals surface area (Å²) in [6.45, 7) is 4.16. The zero-order chi connectivity index (χ0) is 14.2. The van der Waals surface area contributed by atoms with Crippen LogP contribution in [0.5, 0.6) is 0 Å². The van der Waals surface area contributed by atoms with Gasteiger partial charge in [0.2, 0.25) is 5.91 Å². The van der Waals surface area contributed by atoms with Crippen LogP contribution in [0.25, 0.3) is 0 Å². The Morgan fingerprint density at radius 1 is 1.50 bits per heavy atom. The molecule has 2 rings (SSSR count). The molecule has 128 valence electrons. The van der Waals surface area contributed by atoms with Crippen molar-refractivity contribution in [3.8, 4) is 0 Å². The van der Waals surface area contributed by atoms with Gasteiger partial charge in [-0.1, -0.05) is 0 Å². The van der Waals surface area contributed by atoms with Crippen molar-refractivity contribution in [1.29, 1.82) is 0 Å². The van der Waals surface area contributed by atoms with Gasteiger partial charge in [0.25, 0.3) is 0 Å². The molecule has 1 N–H and O–H groups in total. The Hall–Kier alpha value is -0.860. The molecule has 1 fully saturated rings. The molecule has 0 saturated carbocycles. The molecule has 9 heteroatoms. The van der Waals surface area contributed by atoms with Crippen LogP contribution in [0.2, 0.25) is 0 Å². The largest absolute Gasteiger partial charge is 0.383 e. The monoisotopic (exact) mass is 354 g/mol. The van der Waals surface area contributed by atoms with Crippen LogP contribution in [0.15, 0.2) is 18.5 Å². The van der Waals surface area contributed by atoms with Gasteiger partial charge in [0, 0.05) is 39.1 Å². The van der Waals surface area contributed by atoms with E-state index in [1.54, 1.807) is 13.3 Å². The van der Waals surface area contributed by atoms with E-state index in [0.717, 1.165) is 0 Å². The first kappa shape index (κ1) is 21.1. The van der Waals surface area contributed by atoms with Crippen LogP contribution in [-0.4, -0.2) is 73.2 Å². The highest BCUT2D eigenvalue weighted by atomic mass is 35.5. The molecule has 1 unspecified atom stereocenters. The summed E-state index contributed by atoms with van der Waals surface area (Å²) in [5.41, 5.74) is 0. The maximum Gasteiger partial charge on any atom is 0.236 e. The van der Waals surface area contributed by atoms with E-state index in [9.17, 15) is 4.79 Å². The highest BCUT2D eigenvalue weighted by Gasteiger charge is 2.24. The quantitative estimate of drug-likeness (QED) is 0.708. The zero-order valence-electron chi connectivity index (χ0n) is 12.6. The summed E-state index contributed by atoms with van der Waals surface area (Å²) in [4.78, 5) is 13.9. The molecular formula is C13H24Cl2N4O3. The van der Waals surface area contributed by atoms with E-state index < -0.39 is 0 Å². The molecule has 0 bridgehead atoms. The van der Waals surface area contributed by atoms with E-state index in [0.29, 0.717) is 45.9 Å². The number of methoxy groups -OCH3 is 1. The lowest BCUT2D eigenvalue weighted by Crippen LogP contribution is -2.49. The third kappa shape index (κ3) is 6.93. The molecule has 0 aromatic carbocycles. The number of rotatable bonds is 7. The van der Waals surface area contributed by atoms with Gasteiger partial charge in [-0.05, 0) is 6.07 Å². The van der Waals surface area contributed by atoms with E-state index in [-0.39, 0.29) is 36.8 Å². The minimum absolute atomic E-state index is 0. The normalized spacial score (nSPS) is 17.5. The molecule has 1 aliphatic rings. The SMILES string of the molecule is COCCNCC(=O)N1CCOC(Cn2cccn2)C1.Cl.Cl. The maximum atomic E-state index is 12.1. The number of nitrogens with one attached hydrogen (secondary N) is 1. The average molecular weight is 355 g/mol. The highest BCUT2D eigenvalue weighted by molar-refractivity contribution is 5.85. The Kier molecular flexibility index (Phi) is 11.2. The van der Waals surface area contributed by atoms with Gasteiger partial charge in [-0.15, -0.1) is 24.8 Å². The number of carbonyl (C=O) groups excluding carboxylic acids is 1. The van der Waals surface area contributed by atoms with Crippen LogP contribution in [0.3, 0.4) is 0 Å². The lowest BCUT2D eigenvalue weighted by Gasteiger charge is -2.33. The number of amides is 1.